The number of amides is 2. The number of hydrogen-bond donors (Lipinski definition) is 2. The lowest BCUT2D eigenvalue weighted by molar-refractivity contribution is 0.114. The fraction of sp³-hybridized carbons (Fsp3) is 0.722. The first-order chi connectivity index (χ1) is 13.4. The van der Waals surface area contributed by atoms with Crippen LogP contribution in [-0.2, 0) is 9.84 Å². The number of anilines is 1. The molecule has 0 radical (unpaired) electrons. The third kappa shape index (κ3) is 5.02. The average molecular weight is 429 g/mol. The molecule has 0 aliphatic heterocycles. The molecule has 1 heterocycles. The van der Waals surface area contributed by atoms with E-state index in [-0.39, 0.29) is 23.8 Å². The summed E-state index contributed by atoms with van der Waals surface area (Å²) in [6.07, 6.45) is 12.1. The van der Waals surface area contributed by atoms with Crippen molar-refractivity contribution >= 4 is 37.4 Å². The van der Waals surface area contributed by atoms with Gasteiger partial charge in [-0.1, -0.05) is 43.7 Å². The van der Waals surface area contributed by atoms with Crippen LogP contribution in [0.15, 0.2) is 10.5 Å². The second kappa shape index (κ2) is 9.21. The number of oxime groups is 1. The van der Waals surface area contributed by atoms with Gasteiger partial charge in [0.05, 0.1) is 0 Å². The van der Waals surface area contributed by atoms with E-state index in [4.69, 9.17) is 5.21 Å². The van der Waals surface area contributed by atoms with Gasteiger partial charge in [0.2, 0.25) is 5.04 Å². The number of sulfone groups is 1. The Morgan fingerprint density at radius 2 is 1.68 bits per heavy atom. The molecule has 2 aliphatic rings. The number of thiazole rings is 1. The molecule has 2 aliphatic carbocycles. The maximum Gasteiger partial charge on any atom is 0.324 e. The van der Waals surface area contributed by atoms with Gasteiger partial charge in [-0.3, -0.25) is 5.32 Å². The number of carbonyl (C=O) groups excluding carboxylic acids is 1. The van der Waals surface area contributed by atoms with Crippen LogP contribution < -0.4 is 5.32 Å². The Morgan fingerprint density at radius 3 is 2.14 bits per heavy atom. The fourth-order valence-electron chi connectivity index (χ4n) is 4.25. The average Bonchev–Trinajstić information content (AvgIpc) is 3.11. The summed E-state index contributed by atoms with van der Waals surface area (Å²) in [5, 5.41) is 16.0. The minimum atomic E-state index is -3.71. The maximum atomic E-state index is 13.1. The van der Waals surface area contributed by atoms with Crippen molar-refractivity contribution < 1.29 is 18.4 Å². The van der Waals surface area contributed by atoms with Crippen molar-refractivity contribution in [1.29, 1.82) is 0 Å². The summed E-state index contributed by atoms with van der Waals surface area (Å²) in [6, 6.07) is 0.338. The molecular formula is C18H28N4O4S2. The predicted molar refractivity (Wildman–Crippen MR) is 110 cm³/mol. The van der Waals surface area contributed by atoms with E-state index >= 15 is 0 Å². The van der Waals surface area contributed by atoms with Crippen molar-refractivity contribution in [3.8, 4) is 0 Å². The smallest absolute Gasteiger partial charge is 0.324 e. The molecule has 156 valence electrons. The number of urea groups is 1. The van der Waals surface area contributed by atoms with Crippen LogP contribution in [0.3, 0.4) is 0 Å². The van der Waals surface area contributed by atoms with Crippen LogP contribution in [0, 0.1) is 0 Å². The van der Waals surface area contributed by atoms with Crippen LogP contribution >= 0.6 is 11.3 Å². The lowest BCUT2D eigenvalue weighted by Crippen LogP contribution is -2.50. The molecule has 2 N–H and O–H groups in total. The first-order valence-electron chi connectivity index (χ1n) is 9.87. The minimum Gasteiger partial charge on any atom is -0.410 e. The zero-order valence-electron chi connectivity index (χ0n) is 16.1. The standard InChI is InChI=1S/C18H28N4O4S2/c1-28(25,26)16(21-24)15-12-27-17(19-15)20-18(23)22(13-8-4-2-5-9-13)14-10-6-3-7-11-14/h12-14,24H,2-11H2,1H3,(H,19,20,23). The molecule has 0 unspecified atom stereocenters. The highest BCUT2D eigenvalue weighted by molar-refractivity contribution is 8.06. The molecule has 2 amide bonds. The van der Waals surface area contributed by atoms with Gasteiger partial charge in [0, 0.05) is 23.7 Å². The molecule has 0 aromatic carbocycles. The Balaban J connectivity index is 1.76. The summed E-state index contributed by atoms with van der Waals surface area (Å²) < 4.78 is 23.4. The van der Waals surface area contributed by atoms with Gasteiger partial charge in [0.1, 0.15) is 5.69 Å². The van der Waals surface area contributed by atoms with E-state index in [1.54, 1.807) is 0 Å². The van der Waals surface area contributed by atoms with Gasteiger partial charge in [-0.05, 0) is 25.7 Å². The van der Waals surface area contributed by atoms with Gasteiger partial charge in [-0.2, -0.15) is 0 Å². The van der Waals surface area contributed by atoms with Crippen molar-refractivity contribution in [2.75, 3.05) is 11.6 Å². The number of carbonyl (C=O) groups is 1. The highest BCUT2D eigenvalue weighted by Crippen LogP contribution is 2.31. The SMILES string of the molecule is CS(=O)(=O)C(=NO)c1csc(NC(=O)N(C2CCCCC2)C2CCCCC2)n1. The van der Waals surface area contributed by atoms with Gasteiger partial charge in [-0.15, -0.1) is 11.3 Å². The molecule has 8 nitrogen and oxygen atoms in total. The van der Waals surface area contributed by atoms with E-state index in [2.05, 4.69) is 15.5 Å². The fourth-order valence-corrected chi connectivity index (χ4v) is 5.64. The van der Waals surface area contributed by atoms with Crippen molar-refractivity contribution in [1.82, 2.24) is 9.88 Å². The van der Waals surface area contributed by atoms with Crippen LogP contribution in [0.4, 0.5) is 9.93 Å². The summed E-state index contributed by atoms with van der Waals surface area (Å²) in [5.41, 5.74) is 0.0344. The molecule has 10 heteroatoms. The molecule has 0 bridgehead atoms. The quantitative estimate of drug-likeness (QED) is 0.328. The van der Waals surface area contributed by atoms with Crippen molar-refractivity contribution in [3.63, 3.8) is 0 Å². The van der Waals surface area contributed by atoms with Crippen LogP contribution in [0.5, 0.6) is 0 Å². The molecule has 0 saturated heterocycles. The molecule has 1 aromatic heterocycles. The van der Waals surface area contributed by atoms with Crippen LogP contribution in [0.2, 0.25) is 0 Å². The van der Waals surface area contributed by atoms with E-state index in [9.17, 15) is 13.2 Å². The number of nitrogens with one attached hydrogen (secondary N) is 1. The number of aromatic nitrogens is 1. The lowest BCUT2D eigenvalue weighted by atomic mass is 9.89. The Bertz CT molecular complexity index is 791. The third-order valence-electron chi connectivity index (χ3n) is 5.55. The maximum absolute atomic E-state index is 13.1. The van der Waals surface area contributed by atoms with E-state index in [0.29, 0.717) is 5.13 Å². The zero-order chi connectivity index (χ0) is 20.1. The summed E-state index contributed by atoms with van der Waals surface area (Å²) in [7, 11) is -3.71. The summed E-state index contributed by atoms with van der Waals surface area (Å²) in [4.78, 5) is 19.3. The zero-order valence-corrected chi connectivity index (χ0v) is 17.8. The summed E-state index contributed by atoms with van der Waals surface area (Å²) in [5.74, 6) is 0. The molecule has 28 heavy (non-hydrogen) atoms. The topological polar surface area (TPSA) is 112 Å². The highest BCUT2D eigenvalue weighted by atomic mass is 32.2. The van der Waals surface area contributed by atoms with Crippen molar-refractivity contribution in [2.45, 2.75) is 76.3 Å². The van der Waals surface area contributed by atoms with Gasteiger partial charge >= 0.3 is 6.03 Å². The van der Waals surface area contributed by atoms with E-state index in [1.165, 1.54) is 18.2 Å². The largest absolute Gasteiger partial charge is 0.410 e. The van der Waals surface area contributed by atoms with Crippen molar-refractivity contribution in [3.05, 3.63) is 11.1 Å². The van der Waals surface area contributed by atoms with Crippen LogP contribution in [0.1, 0.15) is 69.9 Å². The summed E-state index contributed by atoms with van der Waals surface area (Å²) in [6.45, 7) is 0. The summed E-state index contributed by atoms with van der Waals surface area (Å²) >= 11 is 1.12. The number of nitrogens with zero attached hydrogens (tertiary/aromatic N) is 3. The Kier molecular flexibility index (Phi) is 6.92. The molecule has 2 saturated carbocycles. The first kappa shape index (κ1) is 21.0. The third-order valence-corrected chi connectivity index (χ3v) is 7.30. The molecular weight excluding hydrogens is 400 g/mol. The van der Waals surface area contributed by atoms with Crippen molar-refractivity contribution in [2.24, 2.45) is 5.16 Å². The number of hydrogen-bond acceptors (Lipinski definition) is 7. The molecule has 1 aromatic rings. The Labute approximate surface area is 169 Å². The predicted octanol–water partition coefficient (Wildman–Crippen LogP) is 3.82. The van der Waals surface area contributed by atoms with Gasteiger partial charge in [-0.25, -0.2) is 18.2 Å². The normalized spacial score (nSPS) is 20.1. The molecule has 0 spiro atoms. The highest BCUT2D eigenvalue weighted by Gasteiger charge is 2.33. The Morgan fingerprint density at radius 1 is 1.14 bits per heavy atom. The second-order valence-electron chi connectivity index (χ2n) is 7.64. The minimum absolute atomic E-state index is 0.0344. The van der Waals surface area contributed by atoms with Gasteiger partial charge in [0.15, 0.2) is 15.0 Å². The molecule has 0 atom stereocenters. The van der Waals surface area contributed by atoms with Crippen LogP contribution in [0.25, 0.3) is 0 Å². The lowest BCUT2D eigenvalue weighted by Gasteiger charge is -2.41. The van der Waals surface area contributed by atoms with Gasteiger partial charge in [0.25, 0.3) is 0 Å². The van der Waals surface area contributed by atoms with E-state index in [1.807, 2.05) is 4.90 Å². The molecule has 2 fully saturated rings. The monoisotopic (exact) mass is 428 g/mol. The Hall–Kier alpha value is -1.68. The van der Waals surface area contributed by atoms with E-state index < -0.39 is 14.9 Å². The molecule has 3 rings (SSSR count). The second-order valence-corrected chi connectivity index (χ2v) is 10.4. The van der Waals surface area contributed by atoms with Gasteiger partial charge < -0.3 is 10.1 Å². The number of rotatable bonds is 4. The van der Waals surface area contributed by atoms with Crippen LogP contribution in [-0.4, -0.2) is 52.9 Å². The van der Waals surface area contributed by atoms with E-state index in [0.717, 1.165) is 69.0 Å². The first-order valence-corrected chi connectivity index (χ1v) is 12.6.